The Bertz CT molecular complexity index is 537. The van der Waals surface area contributed by atoms with Crippen molar-refractivity contribution in [2.75, 3.05) is 20.2 Å². The van der Waals surface area contributed by atoms with E-state index in [0.717, 1.165) is 0 Å². The SMILES string of the molecule is C=CCNS(=O)(=O)c1ccc(OCC(=O)NC)cc1. The molecule has 0 atom stereocenters. The molecule has 2 N–H and O–H groups in total. The van der Waals surface area contributed by atoms with E-state index >= 15 is 0 Å². The molecule has 1 rings (SSSR count). The quantitative estimate of drug-likeness (QED) is 0.704. The highest BCUT2D eigenvalue weighted by Gasteiger charge is 2.12. The molecule has 104 valence electrons. The summed E-state index contributed by atoms with van der Waals surface area (Å²) in [4.78, 5) is 11.1. The van der Waals surface area contributed by atoms with Crippen molar-refractivity contribution >= 4 is 15.9 Å². The number of carbonyl (C=O) groups is 1. The molecular weight excluding hydrogens is 268 g/mol. The average Bonchev–Trinajstić information content (AvgIpc) is 2.43. The van der Waals surface area contributed by atoms with Crippen LogP contribution in [0.25, 0.3) is 0 Å². The summed E-state index contributed by atoms with van der Waals surface area (Å²) in [6.07, 6.45) is 1.46. The third-order valence-electron chi connectivity index (χ3n) is 2.20. The maximum atomic E-state index is 11.8. The number of rotatable bonds is 7. The molecule has 1 aromatic rings. The first-order valence-electron chi connectivity index (χ1n) is 5.53. The molecule has 19 heavy (non-hydrogen) atoms. The van der Waals surface area contributed by atoms with Gasteiger partial charge in [-0.25, -0.2) is 13.1 Å². The van der Waals surface area contributed by atoms with Crippen LogP contribution in [0.3, 0.4) is 0 Å². The van der Waals surface area contributed by atoms with E-state index in [0.29, 0.717) is 5.75 Å². The fraction of sp³-hybridized carbons (Fsp3) is 0.250. The van der Waals surface area contributed by atoms with Crippen molar-refractivity contribution in [2.45, 2.75) is 4.90 Å². The van der Waals surface area contributed by atoms with Gasteiger partial charge in [-0.05, 0) is 24.3 Å². The molecule has 0 bridgehead atoms. The van der Waals surface area contributed by atoms with Gasteiger partial charge < -0.3 is 10.1 Å². The largest absolute Gasteiger partial charge is 0.484 e. The predicted octanol–water partition coefficient (Wildman–Crippen LogP) is 0.276. The van der Waals surface area contributed by atoms with Crippen LogP contribution < -0.4 is 14.8 Å². The number of carbonyl (C=O) groups excluding carboxylic acids is 1. The standard InChI is InChI=1S/C12H16N2O4S/c1-3-8-14-19(16,17)11-6-4-10(5-7-11)18-9-12(15)13-2/h3-7,14H,1,8-9H2,2H3,(H,13,15). The van der Waals surface area contributed by atoms with Crippen LogP contribution in [0.15, 0.2) is 41.8 Å². The van der Waals surface area contributed by atoms with E-state index in [4.69, 9.17) is 4.74 Å². The molecule has 0 aliphatic carbocycles. The van der Waals surface area contributed by atoms with Gasteiger partial charge in [-0.15, -0.1) is 6.58 Å². The van der Waals surface area contributed by atoms with Gasteiger partial charge >= 0.3 is 0 Å². The summed E-state index contributed by atoms with van der Waals surface area (Å²) in [5.74, 6) is 0.163. The summed E-state index contributed by atoms with van der Waals surface area (Å²) < 4.78 is 31.0. The van der Waals surface area contributed by atoms with Crippen LogP contribution in [-0.4, -0.2) is 34.5 Å². The van der Waals surface area contributed by atoms with E-state index < -0.39 is 10.0 Å². The Kier molecular flexibility index (Phi) is 5.53. The number of amides is 1. The number of likely N-dealkylation sites (N-methyl/N-ethyl adjacent to an activating group) is 1. The fourth-order valence-corrected chi connectivity index (χ4v) is 2.19. The number of hydrogen-bond acceptors (Lipinski definition) is 4. The molecule has 7 heteroatoms. The highest BCUT2D eigenvalue weighted by atomic mass is 32.2. The van der Waals surface area contributed by atoms with Crippen molar-refractivity contribution < 1.29 is 17.9 Å². The smallest absolute Gasteiger partial charge is 0.257 e. The Morgan fingerprint density at radius 3 is 2.53 bits per heavy atom. The minimum atomic E-state index is -3.53. The molecule has 1 aromatic carbocycles. The van der Waals surface area contributed by atoms with Gasteiger partial charge in [0.25, 0.3) is 5.91 Å². The van der Waals surface area contributed by atoms with Crippen molar-refractivity contribution in [3.05, 3.63) is 36.9 Å². The van der Waals surface area contributed by atoms with E-state index in [1.54, 1.807) is 0 Å². The zero-order valence-corrected chi connectivity index (χ0v) is 11.4. The van der Waals surface area contributed by atoms with Crippen LogP contribution in [0.5, 0.6) is 5.75 Å². The maximum absolute atomic E-state index is 11.8. The summed E-state index contributed by atoms with van der Waals surface area (Å²) in [6, 6.07) is 5.80. The number of benzene rings is 1. The minimum absolute atomic E-state index is 0.114. The van der Waals surface area contributed by atoms with Crippen molar-refractivity contribution in [2.24, 2.45) is 0 Å². The van der Waals surface area contributed by atoms with Gasteiger partial charge in [0.15, 0.2) is 6.61 Å². The van der Waals surface area contributed by atoms with Crippen LogP contribution in [0.1, 0.15) is 0 Å². The maximum Gasteiger partial charge on any atom is 0.257 e. The van der Waals surface area contributed by atoms with Crippen molar-refractivity contribution in [3.63, 3.8) is 0 Å². The first-order valence-corrected chi connectivity index (χ1v) is 7.02. The van der Waals surface area contributed by atoms with E-state index in [1.165, 1.54) is 37.4 Å². The lowest BCUT2D eigenvalue weighted by Crippen LogP contribution is -2.25. The first kappa shape index (κ1) is 15.2. The lowest BCUT2D eigenvalue weighted by Gasteiger charge is -2.07. The Hall–Kier alpha value is -1.86. The number of sulfonamides is 1. The van der Waals surface area contributed by atoms with Gasteiger partial charge in [0.2, 0.25) is 10.0 Å². The van der Waals surface area contributed by atoms with Crippen LogP contribution >= 0.6 is 0 Å². The first-order chi connectivity index (χ1) is 8.99. The van der Waals surface area contributed by atoms with E-state index in [-0.39, 0.29) is 24.0 Å². The normalized spacial score (nSPS) is 10.8. The van der Waals surface area contributed by atoms with Crippen LogP contribution in [0.4, 0.5) is 0 Å². The molecule has 0 saturated heterocycles. The molecule has 0 fully saturated rings. The van der Waals surface area contributed by atoms with Gasteiger partial charge in [0.05, 0.1) is 4.90 Å². The molecule has 0 radical (unpaired) electrons. The topological polar surface area (TPSA) is 84.5 Å². The monoisotopic (exact) mass is 284 g/mol. The summed E-state index contributed by atoms with van der Waals surface area (Å²) in [7, 11) is -2.02. The van der Waals surface area contributed by atoms with E-state index in [9.17, 15) is 13.2 Å². The second kappa shape index (κ2) is 6.91. The van der Waals surface area contributed by atoms with Gasteiger partial charge in [0.1, 0.15) is 5.75 Å². The highest BCUT2D eigenvalue weighted by Crippen LogP contribution is 2.15. The molecular formula is C12H16N2O4S. The Morgan fingerprint density at radius 2 is 2.00 bits per heavy atom. The van der Waals surface area contributed by atoms with E-state index in [1.807, 2.05) is 0 Å². The van der Waals surface area contributed by atoms with Gasteiger partial charge in [-0.3, -0.25) is 4.79 Å². The van der Waals surface area contributed by atoms with E-state index in [2.05, 4.69) is 16.6 Å². The Balaban J connectivity index is 2.70. The molecule has 0 saturated carbocycles. The molecule has 0 spiro atoms. The molecule has 0 aromatic heterocycles. The van der Waals surface area contributed by atoms with Gasteiger partial charge in [-0.1, -0.05) is 6.08 Å². The zero-order chi connectivity index (χ0) is 14.3. The number of ether oxygens (including phenoxy) is 1. The fourth-order valence-electron chi connectivity index (χ4n) is 1.19. The zero-order valence-electron chi connectivity index (χ0n) is 10.5. The summed E-state index contributed by atoms with van der Waals surface area (Å²) in [5.41, 5.74) is 0. The average molecular weight is 284 g/mol. The molecule has 0 unspecified atom stereocenters. The highest BCUT2D eigenvalue weighted by molar-refractivity contribution is 7.89. The molecule has 0 aliphatic heterocycles. The van der Waals surface area contributed by atoms with Crippen molar-refractivity contribution in [1.29, 1.82) is 0 Å². The summed E-state index contributed by atoms with van der Waals surface area (Å²) in [6.45, 7) is 3.49. The lowest BCUT2D eigenvalue weighted by atomic mass is 10.3. The van der Waals surface area contributed by atoms with Crippen molar-refractivity contribution in [3.8, 4) is 5.75 Å². The third-order valence-corrected chi connectivity index (χ3v) is 3.64. The van der Waals surface area contributed by atoms with Gasteiger partial charge in [-0.2, -0.15) is 0 Å². The minimum Gasteiger partial charge on any atom is -0.484 e. The molecule has 6 nitrogen and oxygen atoms in total. The Labute approximate surface area is 112 Å². The Morgan fingerprint density at radius 1 is 1.37 bits per heavy atom. The van der Waals surface area contributed by atoms with Crippen LogP contribution in [0, 0.1) is 0 Å². The van der Waals surface area contributed by atoms with Crippen molar-refractivity contribution in [1.82, 2.24) is 10.0 Å². The summed E-state index contributed by atoms with van der Waals surface area (Å²) in [5, 5.41) is 2.41. The third kappa shape index (κ3) is 4.72. The second-order valence-electron chi connectivity index (χ2n) is 3.57. The number of hydrogen-bond donors (Lipinski definition) is 2. The summed E-state index contributed by atoms with van der Waals surface area (Å²) >= 11 is 0. The molecule has 1 amide bonds. The predicted molar refractivity (Wildman–Crippen MR) is 71.4 cm³/mol. The molecule has 0 heterocycles. The van der Waals surface area contributed by atoms with Crippen LogP contribution in [-0.2, 0) is 14.8 Å². The lowest BCUT2D eigenvalue weighted by molar-refractivity contribution is -0.122. The van der Waals surface area contributed by atoms with Gasteiger partial charge in [0, 0.05) is 13.6 Å². The number of nitrogens with one attached hydrogen (secondary N) is 2. The molecule has 0 aliphatic rings. The van der Waals surface area contributed by atoms with Crippen LogP contribution in [0.2, 0.25) is 0 Å². The second-order valence-corrected chi connectivity index (χ2v) is 5.34.